The summed E-state index contributed by atoms with van der Waals surface area (Å²) in [7, 11) is -2.37. The van der Waals surface area contributed by atoms with Crippen LogP contribution < -0.4 is 11.1 Å². The van der Waals surface area contributed by atoms with Gasteiger partial charge < -0.3 is 11.1 Å². The number of nitrogens with one attached hydrogen (secondary N) is 1. The molecule has 0 radical (unpaired) electrons. The van der Waals surface area contributed by atoms with Crippen LogP contribution in [0.2, 0.25) is 0 Å². The maximum absolute atomic E-state index is 12.6. The van der Waals surface area contributed by atoms with Crippen molar-refractivity contribution in [2.75, 3.05) is 25.9 Å². The van der Waals surface area contributed by atoms with Crippen molar-refractivity contribution in [2.24, 2.45) is 0 Å². The highest BCUT2D eigenvalue weighted by Crippen LogP contribution is 2.21. The lowest BCUT2D eigenvalue weighted by Gasteiger charge is -2.20. The summed E-state index contributed by atoms with van der Waals surface area (Å²) in [6.07, 6.45) is 2.83. The number of hydrogen-bond donors (Lipinski definition) is 2. The quantitative estimate of drug-likeness (QED) is 0.702. The van der Waals surface area contributed by atoms with Gasteiger partial charge in [0.2, 0.25) is 15.9 Å². The fourth-order valence-electron chi connectivity index (χ4n) is 1.87. The zero-order valence-corrected chi connectivity index (χ0v) is 13.5. The van der Waals surface area contributed by atoms with Crippen molar-refractivity contribution in [2.45, 2.75) is 38.1 Å². The molecule has 1 amide bonds. The van der Waals surface area contributed by atoms with E-state index in [9.17, 15) is 13.2 Å². The summed E-state index contributed by atoms with van der Waals surface area (Å²) >= 11 is 0. The van der Waals surface area contributed by atoms with E-state index in [1.165, 1.54) is 17.9 Å². The van der Waals surface area contributed by atoms with E-state index in [1.807, 2.05) is 13.8 Å². The van der Waals surface area contributed by atoms with Gasteiger partial charge in [-0.3, -0.25) is 9.48 Å². The van der Waals surface area contributed by atoms with Crippen molar-refractivity contribution in [3.63, 3.8) is 0 Å². The molecule has 1 aromatic rings. The van der Waals surface area contributed by atoms with E-state index in [0.717, 1.165) is 10.7 Å². The molecular weight excluding hydrogens is 294 g/mol. The number of likely N-dealkylation sites (N-methyl/N-ethyl adjacent to an activating group) is 1. The summed E-state index contributed by atoms with van der Waals surface area (Å²) in [5.41, 5.74) is 5.72. The Balaban J connectivity index is 3.12. The van der Waals surface area contributed by atoms with Gasteiger partial charge in [-0.15, -0.1) is 0 Å². The summed E-state index contributed by atoms with van der Waals surface area (Å²) in [6, 6.07) is 0. The second-order valence-electron chi connectivity index (χ2n) is 4.65. The lowest BCUT2D eigenvalue weighted by molar-refractivity contribution is -0.120. The Morgan fingerprint density at radius 3 is 2.62 bits per heavy atom. The molecular formula is C12H23N5O3S. The lowest BCUT2D eigenvalue weighted by Crippen LogP contribution is -2.40. The number of aryl methyl sites for hydroxylation is 1. The monoisotopic (exact) mass is 317 g/mol. The van der Waals surface area contributed by atoms with Crippen LogP contribution in [0.25, 0.3) is 0 Å². The average Bonchev–Trinajstić information content (AvgIpc) is 2.80. The lowest BCUT2D eigenvalue weighted by atomic mass is 10.4. The first-order valence-corrected chi connectivity index (χ1v) is 8.34. The van der Waals surface area contributed by atoms with Gasteiger partial charge in [0, 0.05) is 26.3 Å². The fraction of sp³-hybridized carbons (Fsp3) is 0.667. The molecule has 0 atom stereocenters. The molecule has 0 saturated carbocycles. The minimum absolute atomic E-state index is 0.0403. The molecule has 1 aromatic heterocycles. The molecule has 1 rings (SSSR count). The Kier molecular flexibility index (Phi) is 6.16. The molecule has 21 heavy (non-hydrogen) atoms. The molecule has 0 aliphatic carbocycles. The third-order valence-corrected chi connectivity index (χ3v) is 4.76. The second kappa shape index (κ2) is 7.41. The Bertz CT molecular complexity index is 582. The zero-order chi connectivity index (χ0) is 16.0. The number of nitrogens with zero attached hydrogens (tertiary/aromatic N) is 3. The number of nitrogen functional groups attached to an aromatic ring is 1. The molecule has 9 heteroatoms. The van der Waals surface area contributed by atoms with Crippen molar-refractivity contribution in [3.8, 4) is 0 Å². The topological polar surface area (TPSA) is 110 Å². The summed E-state index contributed by atoms with van der Waals surface area (Å²) in [6.45, 7) is 4.40. The van der Waals surface area contributed by atoms with E-state index in [2.05, 4.69) is 10.4 Å². The van der Waals surface area contributed by atoms with E-state index in [4.69, 9.17) is 5.73 Å². The van der Waals surface area contributed by atoms with Crippen LogP contribution in [-0.4, -0.2) is 48.5 Å². The zero-order valence-electron chi connectivity index (χ0n) is 12.7. The first-order chi connectivity index (χ1) is 9.86. The number of aromatic nitrogens is 2. The highest BCUT2D eigenvalue weighted by molar-refractivity contribution is 7.89. The standard InChI is InChI=1S/C12H23N5O3S/c1-4-6-16-8-10(12(13)15-16)21(19,20)17(7-5-2)9-11(18)14-3/h8H,4-7,9H2,1-3H3,(H2,13,15)(H,14,18). The molecule has 1 heterocycles. The van der Waals surface area contributed by atoms with Crippen LogP contribution >= 0.6 is 0 Å². The van der Waals surface area contributed by atoms with Gasteiger partial charge in [0.1, 0.15) is 4.90 Å². The summed E-state index contributed by atoms with van der Waals surface area (Å²) < 4.78 is 27.9. The minimum Gasteiger partial charge on any atom is -0.381 e. The number of nitrogens with two attached hydrogens (primary N) is 1. The molecule has 3 N–H and O–H groups in total. The number of hydrogen-bond acceptors (Lipinski definition) is 5. The summed E-state index contributed by atoms with van der Waals surface area (Å²) in [5, 5.41) is 6.42. The third kappa shape index (κ3) is 4.18. The fourth-order valence-corrected chi connectivity index (χ4v) is 3.42. The van der Waals surface area contributed by atoms with Crippen LogP contribution in [-0.2, 0) is 21.4 Å². The van der Waals surface area contributed by atoms with Crippen LogP contribution in [0.1, 0.15) is 26.7 Å². The molecule has 0 spiro atoms. The first kappa shape index (κ1) is 17.4. The molecule has 8 nitrogen and oxygen atoms in total. The molecule has 0 aromatic carbocycles. The van der Waals surface area contributed by atoms with Crippen LogP contribution in [0.5, 0.6) is 0 Å². The normalized spacial score (nSPS) is 11.8. The van der Waals surface area contributed by atoms with E-state index in [1.54, 1.807) is 0 Å². The van der Waals surface area contributed by atoms with Crippen LogP contribution in [0.4, 0.5) is 5.82 Å². The highest BCUT2D eigenvalue weighted by atomic mass is 32.2. The van der Waals surface area contributed by atoms with Gasteiger partial charge in [-0.2, -0.15) is 9.40 Å². The van der Waals surface area contributed by atoms with Gasteiger partial charge in [0.05, 0.1) is 6.54 Å². The molecule has 120 valence electrons. The summed E-state index contributed by atoms with van der Waals surface area (Å²) in [5.74, 6) is -0.409. The van der Waals surface area contributed by atoms with Crippen molar-refractivity contribution < 1.29 is 13.2 Å². The second-order valence-corrected chi connectivity index (χ2v) is 6.56. The predicted octanol–water partition coefficient (Wildman–Crippen LogP) is 0.0220. The van der Waals surface area contributed by atoms with Gasteiger partial charge in [-0.05, 0) is 12.8 Å². The maximum Gasteiger partial charge on any atom is 0.248 e. The molecule has 0 aliphatic rings. The van der Waals surface area contributed by atoms with Crippen molar-refractivity contribution in [3.05, 3.63) is 6.20 Å². The van der Waals surface area contributed by atoms with E-state index >= 15 is 0 Å². The SMILES string of the molecule is CCCN(CC(=O)NC)S(=O)(=O)c1cn(CCC)nc1N. The Labute approximate surface area is 125 Å². The largest absolute Gasteiger partial charge is 0.381 e. The number of carbonyl (C=O) groups excluding carboxylic acids is 1. The van der Waals surface area contributed by atoms with Crippen molar-refractivity contribution in [1.82, 2.24) is 19.4 Å². The summed E-state index contributed by atoms with van der Waals surface area (Å²) in [4.78, 5) is 11.5. The molecule has 0 fully saturated rings. The van der Waals surface area contributed by atoms with Crippen LogP contribution in [0, 0.1) is 0 Å². The highest BCUT2D eigenvalue weighted by Gasteiger charge is 2.29. The maximum atomic E-state index is 12.6. The number of rotatable bonds is 8. The molecule has 0 saturated heterocycles. The number of carbonyl (C=O) groups is 1. The van der Waals surface area contributed by atoms with E-state index in [0.29, 0.717) is 13.0 Å². The van der Waals surface area contributed by atoms with Gasteiger partial charge in [-0.25, -0.2) is 8.42 Å². The Morgan fingerprint density at radius 1 is 1.43 bits per heavy atom. The van der Waals surface area contributed by atoms with Crippen molar-refractivity contribution in [1.29, 1.82) is 0 Å². The van der Waals surface area contributed by atoms with Gasteiger partial charge in [0.15, 0.2) is 5.82 Å². The predicted molar refractivity (Wildman–Crippen MR) is 80.0 cm³/mol. The van der Waals surface area contributed by atoms with Crippen LogP contribution in [0.3, 0.4) is 0 Å². The molecule has 0 bridgehead atoms. The first-order valence-electron chi connectivity index (χ1n) is 6.90. The van der Waals surface area contributed by atoms with E-state index in [-0.39, 0.29) is 29.7 Å². The number of amides is 1. The number of sulfonamides is 1. The third-order valence-electron chi connectivity index (χ3n) is 2.90. The molecule has 0 unspecified atom stereocenters. The van der Waals surface area contributed by atoms with Gasteiger partial charge in [-0.1, -0.05) is 13.8 Å². The Hall–Kier alpha value is -1.61. The van der Waals surface area contributed by atoms with Crippen LogP contribution in [0.15, 0.2) is 11.1 Å². The molecule has 0 aliphatic heterocycles. The van der Waals surface area contributed by atoms with E-state index < -0.39 is 10.0 Å². The number of anilines is 1. The minimum atomic E-state index is -3.83. The smallest absolute Gasteiger partial charge is 0.248 e. The van der Waals surface area contributed by atoms with Gasteiger partial charge >= 0.3 is 0 Å². The Morgan fingerprint density at radius 2 is 2.10 bits per heavy atom. The van der Waals surface area contributed by atoms with Crippen molar-refractivity contribution >= 4 is 21.7 Å². The van der Waals surface area contributed by atoms with Gasteiger partial charge in [0.25, 0.3) is 0 Å². The average molecular weight is 317 g/mol.